The summed E-state index contributed by atoms with van der Waals surface area (Å²) in [4.78, 5) is 8.24. The monoisotopic (exact) mass is 254 g/mol. The molecule has 0 spiro atoms. The molecule has 0 saturated heterocycles. The smallest absolute Gasteiger partial charge is 0.213 e. The molecule has 0 radical (unpaired) electrons. The molecule has 1 aromatic carbocycles. The Kier molecular flexibility index (Phi) is 3.47. The molecule has 1 N–H and O–H groups in total. The maximum absolute atomic E-state index is 4.69. The fraction of sp³-hybridized carbons (Fsp3) is 0.214. The van der Waals surface area contributed by atoms with Crippen molar-refractivity contribution in [2.75, 3.05) is 6.54 Å². The Hall–Kier alpha value is -2.27. The van der Waals surface area contributed by atoms with Gasteiger partial charge in [-0.25, -0.2) is 0 Å². The van der Waals surface area contributed by atoms with Gasteiger partial charge in [0.05, 0.1) is 0 Å². The number of fused-ring (bicyclic) bond motifs is 1. The Balaban J connectivity index is 1.62. The van der Waals surface area contributed by atoms with Crippen LogP contribution in [-0.4, -0.2) is 21.7 Å². The fourth-order valence-corrected chi connectivity index (χ4v) is 2.05. The number of nitrogens with zero attached hydrogens (tertiary/aromatic N) is 3. The van der Waals surface area contributed by atoms with Crippen molar-refractivity contribution in [3.8, 4) is 0 Å². The zero-order valence-electron chi connectivity index (χ0n) is 10.4. The van der Waals surface area contributed by atoms with Crippen molar-refractivity contribution < 1.29 is 4.52 Å². The molecule has 0 bridgehead atoms. The Bertz CT molecular complexity index is 646. The first-order valence-electron chi connectivity index (χ1n) is 6.21. The van der Waals surface area contributed by atoms with Crippen molar-refractivity contribution in [3.63, 3.8) is 0 Å². The maximum Gasteiger partial charge on any atom is 0.213 e. The predicted octanol–water partition coefficient (Wildman–Crippen LogP) is 1.95. The molecule has 2 aromatic heterocycles. The molecular weight excluding hydrogens is 240 g/mol. The molecule has 0 amide bonds. The molecule has 0 unspecified atom stereocenters. The first-order valence-corrected chi connectivity index (χ1v) is 6.21. The summed E-state index contributed by atoms with van der Waals surface area (Å²) in [6.07, 6.45) is 5.90. The highest BCUT2D eigenvalue weighted by Crippen LogP contribution is 2.16. The zero-order chi connectivity index (χ0) is 12.9. The highest BCUT2D eigenvalue weighted by atomic mass is 16.5. The molecule has 0 aliphatic rings. The zero-order valence-corrected chi connectivity index (χ0v) is 10.4. The minimum Gasteiger partial charge on any atom is -0.343 e. The minimum absolute atomic E-state index is 0.726. The predicted molar refractivity (Wildman–Crippen MR) is 71.5 cm³/mol. The number of pyridine rings is 1. The second-order valence-electron chi connectivity index (χ2n) is 4.29. The second kappa shape index (κ2) is 5.58. The van der Waals surface area contributed by atoms with Crippen molar-refractivity contribution in [3.05, 3.63) is 54.4 Å². The van der Waals surface area contributed by atoms with Crippen molar-refractivity contribution in [2.24, 2.45) is 0 Å². The third kappa shape index (κ3) is 2.77. The van der Waals surface area contributed by atoms with Gasteiger partial charge in [-0.15, -0.1) is 0 Å². The molecule has 5 nitrogen and oxygen atoms in total. The quantitative estimate of drug-likeness (QED) is 0.705. The summed E-state index contributed by atoms with van der Waals surface area (Å²) in [5.41, 5.74) is 1.20. The molecule has 2 heterocycles. The van der Waals surface area contributed by atoms with Crippen LogP contribution < -0.4 is 5.32 Å². The van der Waals surface area contributed by atoms with E-state index in [0.29, 0.717) is 0 Å². The van der Waals surface area contributed by atoms with Crippen LogP contribution in [0, 0.1) is 0 Å². The molecule has 0 saturated carbocycles. The summed E-state index contributed by atoms with van der Waals surface area (Å²) >= 11 is 0. The lowest BCUT2D eigenvalue weighted by Crippen LogP contribution is -2.17. The van der Waals surface area contributed by atoms with Crippen LogP contribution in [0.3, 0.4) is 0 Å². The molecule has 3 aromatic rings. The summed E-state index contributed by atoms with van der Waals surface area (Å²) < 4.78 is 4.69. The first-order chi connectivity index (χ1) is 9.43. The highest BCUT2D eigenvalue weighted by Gasteiger charge is 2.01. The molecule has 0 fully saturated rings. The molecule has 0 aliphatic carbocycles. The summed E-state index contributed by atoms with van der Waals surface area (Å²) in [5.74, 6) is 0.726. The summed E-state index contributed by atoms with van der Waals surface area (Å²) in [5, 5.41) is 9.55. The first kappa shape index (κ1) is 11.8. The van der Waals surface area contributed by atoms with Crippen molar-refractivity contribution in [1.29, 1.82) is 0 Å². The van der Waals surface area contributed by atoms with Gasteiger partial charge >= 0.3 is 0 Å². The number of hydrogen-bond donors (Lipinski definition) is 1. The number of benzene rings is 1. The average molecular weight is 254 g/mol. The summed E-state index contributed by atoms with van der Waals surface area (Å²) in [6, 6.07) is 8.26. The van der Waals surface area contributed by atoms with Gasteiger partial charge in [0, 0.05) is 37.3 Å². The molecule has 96 valence electrons. The Morgan fingerprint density at radius 3 is 3.00 bits per heavy atom. The van der Waals surface area contributed by atoms with Crippen LogP contribution in [0.1, 0.15) is 11.4 Å². The van der Waals surface area contributed by atoms with Crippen LogP contribution in [-0.2, 0) is 13.0 Å². The maximum atomic E-state index is 4.69. The van der Waals surface area contributed by atoms with Gasteiger partial charge in [0.2, 0.25) is 6.39 Å². The van der Waals surface area contributed by atoms with Crippen LogP contribution in [0.4, 0.5) is 0 Å². The van der Waals surface area contributed by atoms with Crippen molar-refractivity contribution in [1.82, 2.24) is 20.4 Å². The van der Waals surface area contributed by atoms with Crippen LogP contribution in [0.25, 0.3) is 10.8 Å². The van der Waals surface area contributed by atoms with E-state index in [2.05, 4.69) is 37.1 Å². The van der Waals surface area contributed by atoms with E-state index in [4.69, 9.17) is 0 Å². The average Bonchev–Trinajstić information content (AvgIpc) is 2.97. The van der Waals surface area contributed by atoms with Gasteiger partial charge in [-0.2, -0.15) is 4.98 Å². The van der Waals surface area contributed by atoms with E-state index in [1.54, 1.807) is 0 Å². The number of aromatic nitrogens is 3. The van der Waals surface area contributed by atoms with E-state index in [0.717, 1.165) is 25.3 Å². The van der Waals surface area contributed by atoms with Crippen LogP contribution in [0.5, 0.6) is 0 Å². The van der Waals surface area contributed by atoms with E-state index < -0.39 is 0 Å². The van der Waals surface area contributed by atoms with E-state index in [1.807, 2.05) is 24.5 Å². The highest BCUT2D eigenvalue weighted by molar-refractivity contribution is 5.84. The molecule has 19 heavy (non-hydrogen) atoms. The lowest BCUT2D eigenvalue weighted by molar-refractivity contribution is 0.409. The number of rotatable bonds is 5. The van der Waals surface area contributed by atoms with Gasteiger partial charge < -0.3 is 9.84 Å². The van der Waals surface area contributed by atoms with Gasteiger partial charge in [0.15, 0.2) is 5.82 Å². The van der Waals surface area contributed by atoms with Crippen molar-refractivity contribution >= 4 is 10.8 Å². The number of hydrogen-bond acceptors (Lipinski definition) is 5. The molecule has 0 atom stereocenters. The Morgan fingerprint density at radius 1 is 1.16 bits per heavy atom. The molecular formula is C14H14N4O. The Labute approximate surface area is 110 Å². The van der Waals surface area contributed by atoms with E-state index >= 15 is 0 Å². The van der Waals surface area contributed by atoms with Gasteiger partial charge in [0.1, 0.15) is 0 Å². The SMILES string of the molecule is c1ccc2c(CNCCc3ncon3)cncc2c1. The Morgan fingerprint density at radius 2 is 2.11 bits per heavy atom. The van der Waals surface area contributed by atoms with Gasteiger partial charge in [0.25, 0.3) is 0 Å². The largest absolute Gasteiger partial charge is 0.343 e. The topological polar surface area (TPSA) is 63.8 Å². The summed E-state index contributed by atoms with van der Waals surface area (Å²) in [6.45, 7) is 1.59. The van der Waals surface area contributed by atoms with Crippen LogP contribution in [0.2, 0.25) is 0 Å². The lowest BCUT2D eigenvalue weighted by Gasteiger charge is -2.06. The lowest BCUT2D eigenvalue weighted by atomic mass is 10.1. The number of nitrogens with one attached hydrogen (secondary N) is 1. The molecule has 5 heteroatoms. The van der Waals surface area contributed by atoms with E-state index in [9.17, 15) is 0 Å². The van der Waals surface area contributed by atoms with Crippen LogP contribution in [0.15, 0.2) is 47.6 Å². The van der Waals surface area contributed by atoms with Crippen molar-refractivity contribution in [2.45, 2.75) is 13.0 Å². The fourth-order valence-electron chi connectivity index (χ4n) is 2.05. The van der Waals surface area contributed by atoms with E-state index in [-0.39, 0.29) is 0 Å². The second-order valence-corrected chi connectivity index (χ2v) is 4.29. The van der Waals surface area contributed by atoms with Crippen LogP contribution >= 0.6 is 0 Å². The van der Waals surface area contributed by atoms with Gasteiger partial charge in [-0.1, -0.05) is 29.4 Å². The van der Waals surface area contributed by atoms with Gasteiger partial charge in [-0.05, 0) is 10.9 Å². The third-order valence-electron chi connectivity index (χ3n) is 3.00. The normalized spacial score (nSPS) is 10.9. The van der Waals surface area contributed by atoms with Gasteiger partial charge in [-0.3, -0.25) is 4.98 Å². The minimum atomic E-state index is 0.726. The molecule has 3 rings (SSSR count). The molecule has 0 aliphatic heterocycles. The summed E-state index contributed by atoms with van der Waals surface area (Å²) in [7, 11) is 0. The van der Waals surface area contributed by atoms with E-state index in [1.165, 1.54) is 22.7 Å². The standard InChI is InChI=1S/C14H14N4O/c1-2-4-13-11(3-1)7-16-9-12(13)8-15-6-5-14-17-10-19-18-14/h1-4,7,9-10,15H,5-6,8H2. The third-order valence-corrected chi connectivity index (χ3v) is 3.00.